The summed E-state index contributed by atoms with van der Waals surface area (Å²) in [6.45, 7) is 33.4. The van der Waals surface area contributed by atoms with Gasteiger partial charge in [0.25, 0.3) is 0 Å². The number of esters is 1. The molecule has 8 N–H and O–H groups in total. The summed E-state index contributed by atoms with van der Waals surface area (Å²) in [7, 11) is 5.61. The lowest BCUT2D eigenvalue weighted by atomic mass is 10.2. The highest BCUT2D eigenvalue weighted by Crippen LogP contribution is 2.03. The molecule has 1 atom stereocenters. The topological polar surface area (TPSA) is 168 Å². The predicted octanol–water partition coefficient (Wildman–Crippen LogP) is 10.5. The molecule has 0 aliphatic carbocycles. The SMILES string of the molecule is CCC(C)N(CC)CC.CCC/C=N/O.CCCCCCC(=O)OCCC.CCCCN.CCCCN(C)O.CCCCNC.CCCCNO.CCCNC. The molecule has 0 aromatic heterocycles. The number of unbranched alkanes of at least 4 members (excludes halogenated alkanes) is 8. The van der Waals surface area contributed by atoms with Crippen molar-refractivity contribution >= 4 is 12.2 Å². The molecular weight excluding hydrogens is 707 g/mol. The molecule has 0 radical (unpaired) electrons. The van der Waals surface area contributed by atoms with Gasteiger partial charge in [0.05, 0.1) is 6.61 Å². The zero-order chi connectivity index (χ0) is 44.9. The van der Waals surface area contributed by atoms with E-state index in [0.29, 0.717) is 13.0 Å². The van der Waals surface area contributed by atoms with E-state index in [-0.39, 0.29) is 5.97 Å². The van der Waals surface area contributed by atoms with E-state index < -0.39 is 0 Å². The summed E-state index contributed by atoms with van der Waals surface area (Å²) in [4.78, 5) is 13.4. The third-order valence-electron chi connectivity index (χ3n) is 7.54. The highest BCUT2D eigenvalue weighted by Gasteiger charge is 2.05. The second kappa shape index (κ2) is 81.7. The van der Waals surface area contributed by atoms with Crippen LogP contribution in [0.15, 0.2) is 5.16 Å². The summed E-state index contributed by atoms with van der Waals surface area (Å²) in [6.07, 6.45) is 21.4. The van der Waals surface area contributed by atoms with Crippen LogP contribution < -0.4 is 21.8 Å². The summed E-state index contributed by atoms with van der Waals surface area (Å²) in [5.74, 6) is -0.0343. The molecule has 0 bridgehead atoms. The fourth-order valence-electron chi connectivity index (χ4n) is 3.73. The Labute approximate surface area is 351 Å². The average Bonchev–Trinajstić information content (AvgIpc) is 3.21. The van der Waals surface area contributed by atoms with Gasteiger partial charge in [-0.1, -0.05) is 128 Å². The Kier molecular flexibility index (Phi) is 105. The van der Waals surface area contributed by atoms with Crippen molar-refractivity contribution in [2.45, 2.75) is 205 Å². The largest absolute Gasteiger partial charge is 0.466 e. The number of hydroxylamine groups is 3. The van der Waals surface area contributed by atoms with Crippen molar-refractivity contribution in [3.8, 4) is 0 Å². The standard InChI is InChI=1S/C10H20O2.C8H19N.C5H13NO.C5H13N.C4H11NO.C4H9NO.2C4H11N/c1-3-5-6-7-8-10(11)12-9-4-2;1-5-8(4)9(6-2)7-3;1-3-4-5-6(2)7;1-3-4-5-6-2;2*1-2-3-4-5-6;1-3-4-5-2;1-2-3-4-5/h3-9H2,1-2H3;8H,5-7H2,1-4H3;7H,3-5H2,1-2H3;6H,3-5H2,1-2H3;5-6H,2-4H2,1H3;4,6H,2-3H2,1H3;5H,3-4H2,1-2H3;2-5H2,1H3/b;;;;;5-4+;;. The Hall–Kier alpha value is -1.38. The van der Waals surface area contributed by atoms with Crippen molar-refractivity contribution in [1.82, 2.24) is 26.1 Å². The van der Waals surface area contributed by atoms with Crippen LogP contribution in [0.1, 0.15) is 199 Å². The zero-order valence-corrected chi connectivity index (χ0v) is 40.6. The van der Waals surface area contributed by atoms with Crippen LogP contribution in [-0.2, 0) is 9.53 Å². The number of rotatable bonds is 26. The molecule has 348 valence electrons. The maximum atomic E-state index is 10.9. The third-order valence-corrected chi connectivity index (χ3v) is 7.54. The number of ether oxygens (including phenoxy) is 1. The zero-order valence-electron chi connectivity index (χ0n) is 40.6. The summed E-state index contributed by atoms with van der Waals surface area (Å²) in [5.41, 5.74) is 7.21. The van der Waals surface area contributed by atoms with Crippen LogP contribution in [0.2, 0.25) is 0 Å². The summed E-state index contributed by atoms with van der Waals surface area (Å²) in [6, 6.07) is 0.764. The lowest BCUT2D eigenvalue weighted by Gasteiger charge is -2.24. The molecule has 0 aromatic rings. The predicted molar refractivity (Wildman–Crippen MR) is 249 cm³/mol. The van der Waals surface area contributed by atoms with E-state index in [1.165, 1.54) is 75.7 Å². The Morgan fingerprint density at radius 3 is 1.45 bits per heavy atom. The van der Waals surface area contributed by atoms with Crippen LogP contribution >= 0.6 is 0 Å². The van der Waals surface area contributed by atoms with Crippen LogP contribution in [0.4, 0.5) is 0 Å². The molecule has 0 heterocycles. The molecule has 0 aliphatic rings. The number of hydrogen-bond acceptors (Lipinski definition) is 12. The first kappa shape index (κ1) is 72.3. The molecule has 12 heteroatoms. The van der Waals surface area contributed by atoms with Gasteiger partial charge in [0.1, 0.15) is 0 Å². The van der Waals surface area contributed by atoms with Crippen LogP contribution in [-0.4, -0.2) is 117 Å². The van der Waals surface area contributed by atoms with Crippen molar-refractivity contribution in [1.29, 1.82) is 0 Å². The smallest absolute Gasteiger partial charge is 0.305 e. The second-order valence-electron chi connectivity index (χ2n) is 13.3. The molecule has 0 rings (SSSR count). The van der Waals surface area contributed by atoms with Gasteiger partial charge in [0, 0.05) is 38.8 Å². The van der Waals surface area contributed by atoms with E-state index >= 15 is 0 Å². The molecule has 12 nitrogen and oxygen atoms in total. The molecule has 0 fully saturated rings. The second-order valence-corrected chi connectivity index (χ2v) is 13.3. The fourth-order valence-corrected chi connectivity index (χ4v) is 3.73. The lowest BCUT2D eigenvalue weighted by molar-refractivity contribution is -0.143. The first-order chi connectivity index (χ1) is 26.9. The molecule has 0 amide bonds. The maximum Gasteiger partial charge on any atom is 0.305 e. The van der Waals surface area contributed by atoms with Gasteiger partial charge in [-0.2, -0.15) is 5.06 Å². The van der Waals surface area contributed by atoms with Crippen molar-refractivity contribution in [3.05, 3.63) is 0 Å². The minimum atomic E-state index is -0.0343. The van der Waals surface area contributed by atoms with Gasteiger partial charge < -0.3 is 41.6 Å². The number of hydrogen-bond donors (Lipinski definition) is 7. The highest BCUT2D eigenvalue weighted by atomic mass is 16.5. The normalized spacial score (nSPS) is 10.2. The fraction of sp³-hybridized carbons (Fsp3) is 0.955. The molecule has 1 unspecified atom stereocenters. The summed E-state index contributed by atoms with van der Waals surface area (Å²) < 4.78 is 4.93. The molecular formula is C44H107N7O5. The number of oxime groups is 1. The van der Waals surface area contributed by atoms with Gasteiger partial charge in [-0.3, -0.25) is 4.79 Å². The van der Waals surface area contributed by atoms with Crippen LogP contribution in [0, 0.1) is 0 Å². The van der Waals surface area contributed by atoms with Crippen molar-refractivity contribution < 1.29 is 25.2 Å². The Bertz CT molecular complexity index is 578. The number of nitrogens with zero attached hydrogens (tertiary/aromatic N) is 3. The molecule has 0 spiro atoms. The first-order valence-electron chi connectivity index (χ1n) is 22.7. The van der Waals surface area contributed by atoms with E-state index in [9.17, 15) is 4.79 Å². The van der Waals surface area contributed by atoms with Gasteiger partial charge in [-0.15, -0.1) is 5.16 Å². The third kappa shape index (κ3) is 111. The van der Waals surface area contributed by atoms with E-state index in [1.54, 1.807) is 7.05 Å². The minimum absolute atomic E-state index is 0.0343. The van der Waals surface area contributed by atoms with Crippen LogP contribution in [0.3, 0.4) is 0 Å². The summed E-state index contributed by atoms with van der Waals surface area (Å²) in [5, 5.41) is 34.3. The Balaban J connectivity index is -0.0000000800. The highest BCUT2D eigenvalue weighted by molar-refractivity contribution is 5.69. The number of carbonyl (C=O) groups excluding carboxylic acids is 1. The van der Waals surface area contributed by atoms with E-state index in [4.69, 9.17) is 26.1 Å². The van der Waals surface area contributed by atoms with Crippen molar-refractivity contribution in [3.63, 3.8) is 0 Å². The van der Waals surface area contributed by atoms with E-state index in [0.717, 1.165) is 96.6 Å². The number of nitrogens with one attached hydrogen (secondary N) is 3. The molecule has 56 heavy (non-hydrogen) atoms. The maximum absolute atomic E-state index is 10.9. The minimum Gasteiger partial charge on any atom is -0.466 e. The number of carbonyl (C=O) groups is 1. The number of nitrogens with two attached hydrogens (primary N) is 1. The lowest BCUT2D eigenvalue weighted by Crippen LogP contribution is -2.31. The Morgan fingerprint density at radius 2 is 1.23 bits per heavy atom. The van der Waals surface area contributed by atoms with Gasteiger partial charge >= 0.3 is 5.97 Å². The van der Waals surface area contributed by atoms with E-state index in [1.807, 2.05) is 27.9 Å². The molecule has 0 saturated carbocycles. The van der Waals surface area contributed by atoms with Crippen LogP contribution in [0.25, 0.3) is 0 Å². The average molecular weight is 814 g/mol. The molecule has 0 aliphatic heterocycles. The monoisotopic (exact) mass is 814 g/mol. The van der Waals surface area contributed by atoms with Gasteiger partial charge in [-0.25, -0.2) is 5.48 Å². The van der Waals surface area contributed by atoms with Crippen molar-refractivity contribution in [2.24, 2.45) is 10.9 Å². The Morgan fingerprint density at radius 1 is 0.714 bits per heavy atom. The van der Waals surface area contributed by atoms with Gasteiger partial charge in [0.15, 0.2) is 0 Å². The summed E-state index contributed by atoms with van der Waals surface area (Å²) >= 11 is 0. The van der Waals surface area contributed by atoms with Crippen LogP contribution in [0.5, 0.6) is 0 Å². The first-order valence-corrected chi connectivity index (χ1v) is 22.7. The molecule has 0 aromatic carbocycles. The van der Waals surface area contributed by atoms with E-state index in [2.05, 4.69) is 95.4 Å². The van der Waals surface area contributed by atoms with Gasteiger partial charge in [0.2, 0.25) is 0 Å². The van der Waals surface area contributed by atoms with Gasteiger partial charge in [-0.05, 0) is 112 Å². The van der Waals surface area contributed by atoms with Crippen molar-refractivity contribution in [2.75, 3.05) is 73.6 Å². The molecule has 0 saturated heterocycles. The quantitative estimate of drug-likeness (QED) is 0.0146.